The number of nitrogens with zero attached hydrogens (tertiary/aromatic N) is 7. The Morgan fingerprint density at radius 1 is 1.25 bits per heavy atom. The SMILES string of the molecule is Cc1noc(C)c1CC(=O)N(C)C1CN(c2ccc3nnc(C4CC4)n3n2)C1. The molecule has 5 rings (SSSR count). The molecular weight excluding hydrogens is 358 g/mol. The summed E-state index contributed by atoms with van der Waals surface area (Å²) < 4.78 is 7.03. The fourth-order valence-corrected chi connectivity index (χ4v) is 3.68. The van der Waals surface area contributed by atoms with Crippen LogP contribution < -0.4 is 4.90 Å². The molecule has 28 heavy (non-hydrogen) atoms. The largest absolute Gasteiger partial charge is 0.361 e. The molecule has 9 nitrogen and oxygen atoms in total. The standard InChI is InChI=1S/C19H23N7O2/c1-11-15(12(2)28-23-11)8-18(27)24(3)14-9-25(10-14)17-7-6-16-20-21-19(13-4-5-13)26(16)22-17/h6-7,13-14H,4-5,8-10H2,1-3H3. The van der Waals surface area contributed by atoms with Crippen molar-refractivity contribution in [2.45, 2.75) is 45.1 Å². The van der Waals surface area contributed by atoms with Gasteiger partial charge in [-0.2, -0.15) is 4.52 Å². The number of fused-ring (bicyclic) bond motifs is 1. The van der Waals surface area contributed by atoms with E-state index in [4.69, 9.17) is 9.62 Å². The Morgan fingerprint density at radius 3 is 2.71 bits per heavy atom. The van der Waals surface area contributed by atoms with Gasteiger partial charge in [-0.25, -0.2) is 0 Å². The molecule has 2 fully saturated rings. The molecule has 0 N–H and O–H groups in total. The zero-order chi connectivity index (χ0) is 19.4. The third-order valence-corrected chi connectivity index (χ3v) is 5.85. The van der Waals surface area contributed by atoms with Gasteiger partial charge in [0.25, 0.3) is 0 Å². The molecule has 0 aromatic carbocycles. The van der Waals surface area contributed by atoms with Crippen LogP contribution in [0, 0.1) is 13.8 Å². The van der Waals surface area contributed by atoms with Crippen molar-refractivity contribution in [3.63, 3.8) is 0 Å². The minimum Gasteiger partial charge on any atom is -0.361 e. The van der Waals surface area contributed by atoms with Gasteiger partial charge < -0.3 is 14.3 Å². The van der Waals surface area contributed by atoms with Crippen LogP contribution in [0.1, 0.15) is 41.6 Å². The molecule has 9 heteroatoms. The van der Waals surface area contributed by atoms with Crippen LogP contribution >= 0.6 is 0 Å². The van der Waals surface area contributed by atoms with Crippen molar-refractivity contribution in [2.24, 2.45) is 0 Å². The Labute approximate surface area is 162 Å². The topological polar surface area (TPSA) is 92.7 Å². The Hall–Kier alpha value is -2.97. The van der Waals surface area contributed by atoms with Crippen LogP contribution in [0.4, 0.5) is 5.82 Å². The van der Waals surface area contributed by atoms with Crippen LogP contribution in [0.25, 0.3) is 5.65 Å². The first-order chi connectivity index (χ1) is 13.5. The molecule has 0 spiro atoms. The summed E-state index contributed by atoms with van der Waals surface area (Å²) in [6.45, 7) is 5.25. The molecule has 1 amide bonds. The molecule has 4 heterocycles. The van der Waals surface area contributed by atoms with E-state index in [9.17, 15) is 4.79 Å². The van der Waals surface area contributed by atoms with Crippen molar-refractivity contribution in [3.8, 4) is 0 Å². The van der Waals surface area contributed by atoms with Crippen molar-refractivity contribution in [1.29, 1.82) is 0 Å². The van der Waals surface area contributed by atoms with Crippen molar-refractivity contribution in [1.82, 2.24) is 29.9 Å². The molecule has 0 bridgehead atoms. The second kappa shape index (κ2) is 6.29. The number of anilines is 1. The van der Waals surface area contributed by atoms with E-state index < -0.39 is 0 Å². The van der Waals surface area contributed by atoms with Crippen molar-refractivity contribution >= 4 is 17.4 Å². The van der Waals surface area contributed by atoms with Crippen molar-refractivity contribution < 1.29 is 9.32 Å². The number of hydrogen-bond acceptors (Lipinski definition) is 7. The molecule has 1 saturated heterocycles. The highest BCUT2D eigenvalue weighted by molar-refractivity contribution is 5.79. The number of aryl methyl sites for hydroxylation is 2. The zero-order valence-electron chi connectivity index (χ0n) is 16.3. The maximum absolute atomic E-state index is 12.7. The molecular formula is C19H23N7O2. The van der Waals surface area contributed by atoms with Crippen LogP contribution in [0.2, 0.25) is 0 Å². The molecule has 0 unspecified atom stereocenters. The first-order valence-electron chi connectivity index (χ1n) is 9.66. The smallest absolute Gasteiger partial charge is 0.227 e. The van der Waals surface area contributed by atoms with E-state index in [0.717, 1.165) is 54.5 Å². The molecule has 0 atom stereocenters. The first-order valence-corrected chi connectivity index (χ1v) is 9.66. The average Bonchev–Trinajstić information content (AvgIpc) is 3.33. The molecule has 3 aromatic heterocycles. The minimum atomic E-state index is 0.0808. The van der Waals surface area contributed by atoms with Gasteiger partial charge in [-0.3, -0.25) is 4.79 Å². The van der Waals surface area contributed by atoms with Gasteiger partial charge in [0.2, 0.25) is 5.91 Å². The third kappa shape index (κ3) is 2.81. The quantitative estimate of drug-likeness (QED) is 0.661. The highest BCUT2D eigenvalue weighted by atomic mass is 16.5. The lowest BCUT2D eigenvalue weighted by Crippen LogP contribution is -2.60. The summed E-state index contributed by atoms with van der Waals surface area (Å²) in [7, 11) is 1.87. The maximum atomic E-state index is 12.7. The second-order valence-corrected chi connectivity index (χ2v) is 7.84. The highest BCUT2D eigenvalue weighted by Crippen LogP contribution is 2.38. The maximum Gasteiger partial charge on any atom is 0.227 e. The van der Waals surface area contributed by atoms with Crippen LogP contribution in [0.15, 0.2) is 16.7 Å². The van der Waals surface area contributed by atoms with Gasteiger partial charge in [0.1, 0.15) is 11.6 Å². The summed E-state index contributed by atoms with van der Waals surface area (Å²) in [5.74, 6) is 3.15. The number of rotatable bonds is 5. The number of carbonyl (C=O) groups is 1. The summed E-state index contributed by atoms with van der Waals surface area (Å²) in [4.78, 5) is 16.7. The lowest BCUT2D eigenvalue weighted by molar-refractivity contribution is -0.131. The fraction of sp³-hybridized carbons (Fsp3) is 0.526. The number of hydrogen-bond donors (Lipinski definition) is 0. The van der Waals surface area contributed by atoms with E-state index >= 15 is 0 Å². The monoisotopic (exact) mass is 381 g/mol. The Morgan fingerprint density at radius 2 is 2.04 bits per heavy atom. The van der Waals surface area contributed by atoms with Crippen molar-refractivity contribution in [2.75, 3.05) is 25.0 Å². The van der Waals surface area contributed by atoms with Crippen LogP contribution in [-0.4, -0.2) is 62.0 Å². The summed E-state index contributed by atoms with van der Waals surface area (Å²) >= 11 is 0. The lowest BCUT2D eigenvalue weighted by atomic mass is 10.1. The summed E-state index contributed by atoms with van der Waals surface area (Å²) in [5.41, 5.74) is 2.46. The second-order valence-electron chi connectivity index (χ2n) is 7.84. The summed E-state index contributed by atoms with van der Waals surface area (Å²) in [6, 6.07) is 4.11. The Bertz CT molecular complexity index is 1030. The van der Waals surface area contributed by atoms with E-state index in [2.05, 4.69) is 20.3 Å². The number of likely N-dealkylation sites (N-methyl/N-ethyl adjacent to an activating group) is 1. The van der Waals surface area contributed by atoms with Gasteiger partial charge >= 0.3 is 0 Å². The summed E-state index contributed by atoms with van der Waals surface area (Å²) in [6.07, 6.45) is 2.65. The molecule has 3 aromatic rings. The molecule has 0 radical (unpaired) electrons. The Kier molecular flexibility index (Phi) is 3.85. The van der Waals surface area contributed by atoms with E-state index in [1.54, 1.807) is 0 Å². The van der Waals surface area contributed by atoms with Gasteiger partial charge in [-0.05, 0) is 38.8 Å². The van der Waals surface area contributed by atoms with Crippen LogP contribution in [0.3, 0.4) is 0 Å². The predicted molar refractivity (Wildman–Crippen MR) is 101 cm³/mol. The third-order valence-electron chi connectivity index (χ3n) is 5.85. The first kappa shape index (κ1) is 17.2. The molecule has 2 aliphatic rings. The highest BCUT2D eigenvalue weighted by Gasteiger charge is 2.34. The minimum absolute atomic E-state index is 0.0808. The van der Waals surface area contributed by atoms with Gasteiger partial charge in [0.05, 0.1) is 18.2 Å². The van der Waals surface area contributed by atoms with Gasteiger partial charge in [0, 0.05) is 31.6 Å². The molecule has 146 valence electrons. The van der Waals surface area contributed by atoms with E-state index in [1.165, 1.54) is 0 Å². The number of aromatic nitrogens is 5. The Balaban J connectivity index is 1.25. The zero-order valence-corrected chi connectivity index (χ0v) is 16.3. The lowest BCUT2D eigenvalue weighted by Gasteiger charge is -2.44. The normalized spacial score (nSPS) is 17.2. The fourth-order valence-electron chi connectivity index (χ4n) is 3.68. The average molecular weight is 381 g/mol. The van der Waals surface area contributed by atoms with E-state index in [0.29, 0.717) is 18.1 Å². The number of amides is 1. The van der Waals surface area contributed by atoms with Crippen LogP contribution in [-0.2, 0) is 11.2 Å². The van der Waals surface area contributed by atoms with Crippen LogP contribution in [0.5, 0.6) is 0 Å². The van der Waals surface area contributed by atoms with Crippen molar-refractivity contribution in [3.05, 3.63) is 35.0 Å². The van der Waals surface area contributed by atoms with E-state index in [-0.39, 0.29) is 11.9 Å². The van der Waals surface area contributed by atoms with Gasteiger partial charge in [-0.1, -0.05) is 5.16 Å². The van der Waals surface area contributed by atoms with Gasteiger partial charge in [-0.15, -0.1) is 15.3 Å². The summed E-state index contributed by atoms with van der Waals surface area (Å²) in [5, 5.41) is 17.2. The molecule has 1 saturated carbocycles. The van der Waals surface area contributed by atoms with Gasteiger partial charge in [0.15, 0.2) is 11.5 Å². The van der Waals surface area contributed by atoms with E-state index in [1.807, 2.05) is 42.4 Å². The molecule has 1 aliphatic carbocycles. The predicted octanol–water partition coefficient (Wildman–Crippen LogP) is 1.50. The molecule has 1 aliphatic heterocycles. The number of carbonyl (C=O) groups excluding carboxylic acids is 1.